The molecular formula is C27H27Cl2FN2O5. The van der Waals surface area contributed by atoms with Crippen LogP contribution in [0.5, 0.6) is 0 Å². The summed E-state index contributed by atoms with van der Waals surface area (Å²) >= 11 is 12.3. The molecule has 1 atom stereocenters. The lowest BCUT2D eigenvalue weighted by molar-refractivity contribution is -0.134. The van der Waals surface area contributed by atoms with E-state index in [1.807, 2.05) is 42.2 Å². The molecule has 2 aliphatic rings. The third-order valence-corrected chi connectivity index (χ3v) is 6.99. The van der Waals surface area contributed by atoms with Gasteiger partial charge in [0.2, 0.25) is 0 Å². The smallest absolute Gasteiger partial charge is 0.328 e. The fourth-order valence-corrected chi connectivity index (χ4v) is 5.27. The maximum Gasteiger partial charge on any atom is 0.328 e. The van der Waals surface area contributed by atoms with Gasteiger partial charge < -0.3 is 20.4 Å². The van der Waals surface area contributed by atoms with Crippen LogP contribution < -0.4 is 5.32 Å². The van der Waals surface area contributed by atoms with Gasteiger partial charge in [-0.1, -0.05) is 41.4 Å². The Morgan fingerprint density at radius 2 is 1.57 bits per heavy atom. The maximum atomic E-state index is 13.5. The molecule has 2 aromatic carbocycles. The Labute approximate surface area is 224 Å². The SMILES string of the molecule is CC(c1cc(Cl)cc(Cl)c1)N1CC=C(C2(c3ccc(F)cc3)CCNCC2)C1=O.O=C(O)/C=C/C(=O)O. The molecule has 0 aromatic heterocycles. The van der Waals surface area contributed by atoms with E-state index in [9.17, 15) is 18.8 Å². The number of rotatable bonds is 6. The number of hydrogen-bond acceptors (Lipinski definition) is 4. The highest BCUT2D eigenvalue weighted by atomic mass is 35.5. The number of nitrogens with zero attached hydrogens (tertiary/aromatic N) is 1. The van der Waals surface area contributed by atoms with Gasteiger partial charge in [-0.25, -0.2) is 14.0 Å². The van der Waals surface area contributed by atoms with Crippen molar-refractivity contribution in [1.29, 1.82) is 0 Å². The fourth-order valence-electron chi connectivity index (χ4n) is 4.72. The number of aliphatic carboxylic acids is 2. The number of carboxylic acid groups (broad SMARTS) is 2. The van der Waals surface area contributed by atoms with E-state index in [4.69, 9.17) is 33.4 Å². The van der Waals surface area contributed by atoms with Crippen molar-refractivity contribution in [2.45, 2.75) is 31.2 Å². The van der Waals surface area contributed by atoms with Gasteiger partial charge in [0.05, 0.1) is 6.04 Å². The zero-order valence-electron chi connectivity index (χ0n) is 20.1. The average Bonchev–Trinajstić information content (AvgIpc) is 3.24. The van der Waals surface area contributed by atoms with E-state index in [1.165, 1.54) is 12.1 Å². The molecular weight excluding hydrogens is 522 g/mol. The van der Waals surface area contributed by atoms with Gasteiger partial charge in [-0.15, -0.1) is 0 Å². The molecule has 1 saturated heterocycles. The van der Waals surface area contributed by atoms with Gasteiger partial charge in [0, 0.05) is 39.7 Å². The number of nitrogens with one attached hydrogen (secondary N) is 1. The molecule has 1 amide bonds. The summed E-state index contributed by atoms with van der Waals surface area (Å²) in [7, 11) is 0. The summed E-state index contributed by atoms with van der Waals surface area (Å²) < 4.78 is 13.5. The van der Waals surface area contributed by atoms with Gasteiger partial charge in [-0.3, -0.25) is 4.79 Å². The van der Waals surface area contributed by atoms with E-state index in [0.717, 1.165) is 42.6 Å². The number of benzene rings is 2. The summed E-state index contributed by atoms with van der Waals surface area (Å²) in [6, 6.07) is 11.8. The maximum absolute atomic E-state index is 13.5. The number of carboxylic acids is 2. The van der Waals surface area contributed by atoms with E-state index >= 15 is 0 Å². The second-order valence-corrected chi connectivity index (χ2v) is 9.68. The van der Waals surface area contributed by atoms with Crippen molar-refractivity contribution < 1.29 is 29.0 Å². The Hall–Kier alpha value is -3.20. The van der Waals surface area contributed by atoms with Crippen molar-refractivity contribution in [3.8, 4) is 0 Å². The molecule has 0 bridgehead atoms. The van der Waals surface area contributed by atoms with E-state index in [0.29, 0.717) is 28.7 Å². The molecule has 2 aliphatic heterocycles. The topological polar surface area (TPSA) is 107 Å². The summed E-state index contributed by atoms with van der Waals surface area (Å²) in [6.07, 6.45) is 4.77. The van der Waals surface area contributed by atoms with Crippen molar-refractivity contribution in [3.05, 3.63) is 93.3 Å². The number of carbonyl (C=O) groups excluding carboxylic acids is 1. The van der Waals surface area contributed by atoms with Crippen molar-refractivity contribution >= 4 is 41.0 Å². The Kier molecular flexibility index (Phi) is 9.48. The molecule has 4 rings (SSSR count). The molecule has 0 saturated carbocycles. The normalized spacial score (nSPS) is 17.7. The van der Waals surface area contributed by atoms with Gasteiger partial charge >= 0.3 is 11.9 Å². The van der Waals surface area contributed by atoms with Crippen molar-refractivity contribution in [2.75, 3.05) is 19.6 Å². The van der Waals surface area contributed by atoms with Crippen LogP contribution in [0.4, 0.5) is 4.39 Å². The zero-order chi connectivity index (χ0) is 27.2. The first-order valence-corrected chi connectivity index (χ1v) is 12.4. The van der Waals surface area contributed by atoms with Gasteiger partial charge in [0.15, 0.2) is 0 Å². The first-order chi connectivity index (χ1) is 17.5. The van der Waals surface area contributed by atoms with Crippen molar-refractivity contribution in [2.24, 2.45) is 0 Å². The lowest BCUT2D eigenvalue weighted by Crippen LogP contribution is -2.44. The standard InChI is InChI=1S/C23H23Cl2FN2O.C4H4O4/c1-15(16-12-18(24)14-19(25)13-16)28-11-6-21(22(28)29)23(7-9-27-10-8-23)17-2-4-20(26)5-3-17;5-3(6)1-2-4(7)8/h2-6,12-15,27H,7-11H2,1H3;1-2H,(H,5,6)(H,7,8)/b;2-1+. The van der Waals surface area contributed by atoms with Crippen LogP contribution in [0, 0.1) is 5.82 Å². The molecule has 1 unspecified atom stereocenters. The number of amides is 1. The third-order valence-electron chi connectivity index (χ3n) is 6.56. The van der Waals surface area contributed by atoms with Crippen LogP contribution in [0.25, 0.3) is 0 Å². The first kappa shape index (κ1) is 28.4. The second-order valence-electron chi connectivity index (χ2n) is 8.80. The summed E-state index contributed by atoms with van der Waals surface area (Å²) in [5.41, 5.74) is 2.33. The highest BCUT2D eigenvalue weighted by Gasteiger charge is 2.44. The van der Waals surface area contributed by atoms with Gasteiger partial charge in [-0.2, -0.15) is 0 Å². The molecule has 196 valence electrons. The minimum absolute atomic E-state index is 0.0276. The second kappa shape index (κ2) is 12.4. The lowest BCUT2D eigenvalue weighted by Gasteiger charge is -2.39. The molecule has 0 radical (unpaired) electrons. The van der Waals surface area contributed by atoms with Gasteiger partial charge in [0.1, 0.15) is 5.82 Å². The Balaban J connectivity index is 0.000000414. The zero-order valence-corrected chi connectivity index (χ0v) is 21.6. The number of hydrogen-bond donors (Lipinski definition) is 3. The molecule has 3 N–H and O–H groups in total. The lowest BCUT2D eigenvalue weighted by atomic mass is 9.68. The molecule has 1 fully saturated rings. The van der Waals surface area contributed by atoms with Crippen LogP contribution in [-0.4, -0.2) is 52.6 Å². The van der Waals surface area contributed by atoms with E-state index < -0.39 is 17.4 Å². The largest absolute Gasteiger partial charge is 0.478 e. The van der Waals surface area contributed by atoms with Gasteiger partial charge in [0.25, 0.3) is 5.91 Å². The third kappa shape index (κ3) is 6.97. The summed E-state index contributed by atoms with van der Waals surface area (Å²) in [4.78, 5) is 34.5. The van der Waals surface area contributed by atoms with Crippen LogP contribution in [0.3, 0.4) is 0 Å². The van der Waals surface area contributed by atoms with Gasteiger partial charge in [-0.05, 0) is 74.3 Å². The highest BCUT2D eigenvalue weighted by molar-refractivity contribution is 6.34. The quantitative estimate of drug-likeness (QED) is 0.439. The minimum atomic E-state index is -1.26. The Bertz CT molecular complexity index is 1190. The minimum Gasteiger partial charge on any atom is -0.478 e. The molecule has 2 aromatic rings. The molecule has 7 nitrogen and oxygen atoms in total. The predicted octanol–water partition coefficient (Wildman–Crippen LogP) is 5.00. The number of halogens is 3. The molecule has 2 heterocycles. The first-order valence-electron chi connectivity index (χ1n) is 11.6. The van der Waals surface area contributed by atoms with E-state index in [1.54, 1.807) is 6.07 Å². The van der Waals surface area contributed by atoms with Crippen LogP contribution in [-0.2, 0) is 19.8 Å². The fraction of sp³-hybridized carbons (Fsp3) is 0.296. The molecule has 0 aliphatic carbocycles. The number of carbonyl (C=O) groups is 3. The summed E-state index contributed by atoms with van der Waals surface area (Å²) in [6.45, 7) is 4.17. The van der Waals surface area contributed by atoms with Crippen molar-refractivity contribution in [3.63, 3.8) is 0 Å². The van der Waals surface area contributed by atoms with Crippen LogP contribution in [0.2, 0.25) is 10.0 Å². The van der Waals surface area contributed by atoms with E-state index in [2.05, 4.69) is 5.32 Å². The van der Waals surface area contributed by atoms with E-state index in [-0.39, 0.29) is 17.8 Å². The summed E-state index contributed by atoms with van der Waals surface area (Å²) in [5.74, 6) is -2.75. The Morgan fingerprint density at radius 1 is 1.03 bits per heavy atom. The molecule has 37 heavy (non-hydrogen) atoms. The monoisotopic (exact) mass is 548 g/mol. The summed E-state index contributed by atoms with van der Waals surface area (Å²) in [5, 5.41) is 20.1. The Morgan fingerprint density at radius 3 is 2.08 bits per heavy atom. The van der Waals surface area contributed by atoms with Crippen LogP contribution in [0.15, 0.2) is 66.3 Å². The number of piperidine rings is 1. The van der Waals surface area contributed by atoms with Crippen molar-refractivity contribution in [1.82, 2.24) is 10.2 Å². The van der Waals surface area contributed by atoms with Crippen LogP contribution in [0.1, 0.15) is 36.9 Å². The average molecular weight is 549 g/mol. The molecule has 0 spiro atoms. The van der Waals surface area contributed by atoms with Crippen LogP contribution >= 0.6 is 23.2 Å². The predicted molar refractivity (Wildman–Crippen MR) is 139 cm³/mol. The molecule has 10 heteroatoms. The highest BCUT2D eigenvalue weighted by Crippen LogP contribution is 2.44.